The fourth-order valence-electron chi connectivity index (χ4n) is 9.57. The van der Waals surface area contributed by atoms with Gasteiger partial charge < -0.3 is 39.7 Å². The van der Waals surface area contributed by atoms with Crippen molar-refractivity contribution in [2.75, 3.05) is 83.3 Å². The molecule has 4 saturated heterocycles. The Morgan fingerprint density at radius 3 is 2.24 bits per heavy atom. The number of methoxy groups -OCH3 is 2. The third kappa shape index (κ3) is 9.94. The summed E-state index contributed by atoms with van der Waals surface area (Å²) in [4.78, 5) is 51.0. The Labute approximate surface area is 365 Å². The van der Waals surface area contributed by atoms with Gasteiger partial charge >= 0.3 is 6.18 Å². The van der Waals surface area contributed by atoms with E-state index in [9.17, 15) is 27.6 Å². The summed E-state index contributed by atoms with van der Waals surface area (Å²) in [6, 6.07) is 12.4. The maximum absolute atomic E-state index is 13.7. The minimum Gasteiger partial charge on any atom is -0.495 e. The molecule has 1 spiro atoms. The Bertz CT molecular complexity index is 2330. The van der Waals surface area contributed by atoms with Crippen molar-refractivity contribution < 1.29 is 37.0 Å². The number of ether oxygens (including phenoxy) is 2. The second kappa shape index (κ2) is 18.6. The molecule has 3 amide bonds. The van der Waals surface area contributed by atoms with Crippen molar-refractivity contribution >= 4 is 40.0 Å². The van der Waals surface area contributed by atoms with Crippen molar-refractivity contribution in [2.24, 2.45) is 5.41 Å². The molecular formula is C46H56F3N9O5. The molecule has 2 aromatic carbocycles. The van der Waals surface area contributed by atoms with Gasteiger partial charge in [-0.15, -0.1) is 0 Å². The molecule has 2 aromatic heterocycles. The van der Waals surface area contributed by atoms with Crippen LogP contribution in [0.15, 0.2) is 67.1 Å². The molecule has 17 heteroatoms. The Hall–Kier alpha value is -5.68. The first kappa shape index (κ1) is 43.9. The molecule has 0 atom stereocenters. The Morgan fingerprint density at radius 2 is 1.57 bits per heavy atom. The normalized spacial score (nSPS) is 19.1. The summed E-state index contributed by atoms with van der Waals surface area (Å²) >= 11 is 0. The van der Waals surface area contributed by atoms with E-state index in [2.05, 4.69) is 32.0 Å². The Kier molecular flexibility index (Phi) is 13.0. The van der Waals surface area contributed by atoms with E-state index in [-0.39, 0.29) is 23.6 Å². The van der Waals surface area contributed by atoms with Gasteiger partial charge in [-0.3, -0.25) is 19.1 Å². The van der Waals surface area contributed by atoms with Gasteiger partial charge in [-0.2, -0.15) is 18.3 Å². The van der Waals surface area contributed by atoms with Gasteiger partial charge in [0.15, 0.2) is 0 Å². The lowest BCUT2D eigenvalue weighted by Gasteiger charge is -2.47. The molecule has 63 heavy (non-hydrogen) atoms. The summed E-state index contributed by atoms with van der Waals surface area (Å²) in [5, 5.41) is 11.1. The van der Waals surface area contributed by atoms with E-state index >= 15 is 0 Å². The quantitative estimate of drug-likeness (QED) is 0.144. The predicted octanol–water partition coefficient (Wildman–Crippen LogP) is 6.95. The number of rotatable bonds is 12. The number of carbonyl (C=O) groups excluding carboxylic acids is 3. The maximum atomic E-state index is 13.7. The predicted molar refractivity (Wildman–Crippen MR) is 233 cm³/mol. The first-order valence-electron chi connectivity index (χ1n) is 21.9. The van der Waals surface area contributed by atoms with Gasteiger partial charge in [-0.05, 0) is 119 Å². The number of benzene rings is 2. The molecule has 0 unspecified atom stereocenters. The van der Waals surface area contributed by atoms with E-state index in [0.29, 0.717) is 52.5 Å². The standard InChI is InChI=1S/C46H56F3N9O5/c1-31-50-42(59)13-22-57(31)38-28-32(9-10-39(38)62-2)44(61)56-25-16-45(17-26-56)14-23-55(24-15-45)19-5-4-18-54-20-11-34(12-21-54)58-30-33-27-37(40(63-3)29-36(33)53-58)52-43(60)35-7-6-8-41(51-35)46(47,48)49/h6-10,27-30,34H,1,4-5,11-26H2,2-3H3,(H,50,59)(H,52,60). The number of pyridine rings is 1. The largest absolute Gasteiger partial charge is 0.495 e. The maximum Gasteiger partial charge on any atom is 0.433 e. The van der Waals surface area contributed by atoms with Gasteiger partial charge in [0.2, 0.25) is 5.91 Å². The average Bonchev–Trinajstić information content (AvgIpc) is 3.71. The van der Waals surface area contributed by atoms with Crippen molar-refractivity contribution in [3.8, 4) is 11.5 Å². The van der Waals surface area contributed by atoms with Gasteiger partial charge in [-0.25, -0.2) is 4.98 Å². The number of hydrogen-bond donors (Lipinski definition) is 2. The molecule has 0 saturated carbocycles. The number of carbonyl (C=O) groups is 3. The molecule has 2 N–H and O–H groups in total. The molecule has 0 radical (unpaired) electrons. The number of unbranched alkanes of at least 4 members (excludes halogenated alkanes) is 1. The monoisotopic (exact) mass is 871 g/mol. The van der Waals surface area contributed by atoms with Gasteiger partial charge in [-0.1, -0.05) is 12.6 Å². The first-order chi connectivity index (χ1) is 30.3. The first-order valence-corrected chi connectivity index (χ1v) is 21.9. The van der Waals surface area contributed by atoms with Crippen molar-refractivity contribution in [2.45, 2.75) is 70.0 Å². The number of amides is 3. The molecule has 8 rings (SSSR count). The molecule has 336 valence electrons. The third-order valence-corrected chi connectivity index (χ3v) is 13.4. The van der Waals surface area contributed by atoms with Crippen molar-refractivity contribution in [1.29, 1.82) is 0 Å². The number of likely N-dealkylation sites (tertiary alicyclic amines) is 3. The van der Waals surface area contributed by atoms with E-state index in [0.717, 1.165) is 114 Å². The Balaban J connectivity index is 0.750. The smallest absolute Gasteiger partial charge is 0.433 e. The average molecular weight is 872 g/mol. The van der Waals surface area contributed by atoms with Crippen LogP contribution in [0.5, 0.6) is 11.5 Å². The van der Waals surface area contributed by atoms with E-state index < -0.39 is 17.8 Å². The number of anilines is 2. The molecule has 4 aromatic rings. The van der Waals surface area contributed by atoms with E-state index in [1.807, 2.05) is 38.9 Å². The van der Waals surface area contributed by atoms with Crippen LogP contribution in [0, 0.1) is 5.41 Å². The lowest BCUT2D eigenvalue weighted by Crippen LogP contribution is -2.48. The van der Waals surface area contributed by atoms with Crippen molar-refractivity contribution in [3.63, 3.8) is 0 Å². The lowest BCUT2D eigenvalue weighted by molar-refractivity contribution is -0.141. The molecule has 4 fully saturated rings. The highest BCUT2D eigenvalue weighted by atomic mass is 19.4. The molecule has 6 heterocycles. The van der Waals surface area contributed by atoms with Gasteiger partial charge in [0.25, 0.3) is 11.8 Å². The summed E-state index contributed by atoms with van der Waals surface area (Å²) in [6.45, 7) is 12.3. The van der Waals surface area contributed by atoms with E-state index in [4.69, 9.17) is 14.6 Å². The van der Waals surface area contributed by atoms with Crippen molar-refractivity contribution in [3.05, 3.63) is 84.1 Å². The number of nitrogens with zero attached hydrogens (tertiary/aromatic N) is 7. The van der Waals surface area contributed by atoms with Crippen LogP contribution >= 0.6 is 0 Å². The fourth-order valence-corrected chi connectivity index (χ4v) is 9.57. The zero-order chi connectivity index (χ0) is 44.3. The highest BCUT2D eigenvalue weighted by Gasteiger charge is 2.39. The molecular weight excluding hydrogens is 816 g/mol. The number of nitrogens with one attached hydrogen (secondary N) is 2. The highest BCUT2D eigenvalue weighted by molar-refractivity contribution is 6.05. The van der Waals surface area contributed by atoms with E-state index in [1.54, 1.807) is 19.2 Å². The third-order valence-electron chi connectivity index (χ3n) is 13.4. The molecule has 14 nitrogen and oxygen atoms in total. The molecule has 4 aliphatic heterocycles. The molecule has 4 aliphatic rings. The summed E-state index contributed by atoms with van der Waals surface area (Å²) in [6.07, 6.45) is 6.24. The highest BCUT2D eigenvalue weighted by Crippen LogP contribution is 2.42. The molecule has 0 bridgehead atoms. The second-order valence-corrected chi connectivity index (χ2v) is 17.3. The number of halogens is 3. The number of aromatic nitrogens is 3. The van der Waals surface area contributed by atoms with Crippen LogP contribution in [0.1, 0.15) is 90.4 Å². The number of hydrogen-bond acceptors (Lipinski definition) is 10. The van der Waals surface area contributed by atoms with E-state index in [1.165, 1.54) is 26.0 Å². The van der Waals surface area contributed by atoms with Crippen LogP contribution in [0.4, 0.5) is 24.5 Å². The number of piperidine rings is 3. The van der Waals surface area contributed by atoms with Crippen LogP contribution in [-0.2, 0) is 11.0 Å². The second-order valence-electron chi connectivity index (χ2n) is 17.3. The van der Waals surface area contributed by atoms with Gasteiger partial charge in [0, 0.05) is 62.4 Å². The van der Waals surface area contributed by atoms with Gasteiger partial charge in [0.05, 0.1) is 37.2 Å². The van der Waals surface area contributed by atoms with Crippen molar-refractivity contribution in [1.82, 2.24) is 34.8 Å². The number of fused-ring (bicyclic) bond motifs is 1. The minimum absolute atomic E-state index is 0.0255. The lowest BCUT2D eigenvalue weighted by atomic mass is 9.71. The van der Waals surface area contributed by atoms with Crippen LogP contribution in [0.2, 0.25) is 0 Å². The minimum atomic E-state index is -4.66. The summed E-state index contributed by atoms with van der Waals surface area (Å²) in [7, 11) is 3.06. The summed E-state index contributed by atoms with van der Waals surface area (Å²) in [5.41, 5.74) is 1.18. The summed E-state index contributed by atoms with van der Waals surface area (Å²) < 4.78 is 52.6. The van der Waals surface area contributed by atoms with Crippen LogP contribution in [0.3, 0.4) is 0 Å². The van der Waals surface area contributed by atoms with Gasteiger partial charge in [0.1, 0.15) is 28.7 Å². The SMILES string of the molecule is C=C1NC(=O)CCN1c1cc(C(=O)N2CCC3(CCN(CCCCN4CCC(n5cc6cc(NC(=O)c7cccc(C(F)(F)F)n7)c(OC)cc6n5)CC4)CC3)CC2)ccc1OC. The fraction of sp³-hybridized carbons (Fsp3) is 0.500. The van der Waals surface area contributed by atoms with Crippen LogP contribution in [0.25, 0.3) is 10.9 Å². The van der Waals surface area contributed by atoms with Crippen LogP contribution < -0.4 is 25.0 Å². The zero-order valence-electron chi connectivity index (χ0n) is 36.0. The topological polar surface area (TPSA) is 137 Å². The Morgan fingerprint density at radius 1 is 0.889 bits per heavy atom. The zero-order valence-corrected chi connectivity index (χ0v) is 36.0. The summed E-state index contributed by atoms with van der Waals surface area (Å²) in [5.74, 6) is 0.646. The van der Waals surface area contributed by atoms with Crippen LogP contribution in [-0.4, -0.2) is 120 Å². The molecule has 0 aliphatic carbocycles. The number of alkyl halides is 3.